The molecule has 1 aliphatic heterocycles. The first-order valence-corrected chi connectivity index (χ1v) is 9.43. The van der Waals surface area contributed by atoms with Gasteiger partial charge in [0.25, 0.3) is 0 Å². The van der Waals surface area contributed by atoms with Crippen LogP contribution in [0.25, 0.3) is 0 Å². The number of rotatable bonds is 7. The van der Waals surface area contributed by atoms with Crippen LogP contribution in [0, 0.1) is 0 Å². The molecule has 2 amide bonds. The van der Waals surface area contributed by atoms with E-state index in [9.17, 15) is 9.59 Å². The average molecular weight is 366 g/mol. The molecule has 5 heteroatoms. The van der Waals surface area contributed by atoms with Gasteiger partial charge in [0.1, 0.15) is 0 Å². The molecule has 0 aliphatic carbocycles. The zero-order valence-electron chi connectivity index (χ0n) is 15.4. The Balaban J connectivity index is 1.50. The second-order valence-electron chi connectivity index (χ2n) is 6.83. The third kappa shape index (κ3) is 4.95. The topological polar surface area (TPSA) is 67.4 Å². The lowest BCUT2D eigenvalue weighted by molar-refractivity contribution is -0.130. The zero-order chi connectivity index (χ0) is 19.0. The van der Waals surface area contributed by atoms with Gasteiger partial charge in [-0.2, -0.15) is 0 Å². The number of amides is 2. The van der Waals surface area contributed by atoms with Crippen molar-refractivity contribution >= 4 is 11.8 Å². The standard InChI is InChI=1S/C22H26N2O3/c25-20(17-18-7-3-1-4-8-18)23-13-14-24-21(26)22(11-15-27-16-12-22)19-9-5-2-6-10-19/h1-10H,11-17H2,(H,23,25)(H,24,26). The van der Waals surface area contributed by atoms with Crippen LogP contribution in [0.15, 0.2) is 60.7 Å². The normalized spacial score (nSPS) is 15.7. The predicted octanol–water partition coefficient (Wildman–Crippen LogP) is 2.21. The molecule has 142 valence electrons. The van der Waals surface area contributed by atoms with Gasteiger partial charge < -0.3 is 15.4 Å². The summed E-state index contributed by atoms with van der Waals surface area (Å²) >= 11 is 0. The number of hydrogen-bond donors (Lipinski definition) is 2. The van der Waals surface area contributed by atoms with Gasteiger partial charge in [0.15, 0.2) is 0 Å². The van der Waals surface area contributed by atoms with Crippen LogP contribution in [0.1, 0.15) is 24.0 Å². The van der Waals surface area contributed by atoms with E-state index >= 15 is 0 Å². The van der Waals surface area contributed by atoms with E-state index in [-0.39, 0.29) is 11.8 Å². The first-order chi connectivity index (χ1) is 13.2. The third-order valence-electron chi connectivity index (χ3n) is 5.05. The summed E-state index contributed by atoms with van der Waals surface area (Å²) in [5, 5.41) is 5.87. The number of benzene rings is 2. The van der Waals surface area contributed by atoms with E-state index in [2.05, 4.69) is 10.6 Å². The van der Waals surface area contributed by atoms with Crippen molar-refractivity contribution in [3.63, 3.8) is 0 Å². The van der Waals surface area contributed by atoms with Crippen LogP contribution in [0.2, 0.25) is 0 Å². The highest BCUT2D eigenvalue weighted by atomic mass is 16.5. The van der Waals surface area contributed by atoms with Gasteiger partial charge >= 0.3 is 0 Å². The Morgan fingerprint density at radius 3 is 2.11 bits per heavy atom. The maximum absolute atomic E-state index is 13.0. The fourth-order valence-corrected chi connectivity index (χ4v) is 3.51. The third-order valence-corrected chi connectivity index (χ3v) is 5.05. The number of carbonyl (C=O) groups is 2. The molecule has 1 aliphatic rings. The molecule has 3 rings (SSSR count). The first kappa shape index (κ1) is 19.1. The number of hydrogen-bond acceptors (Lipinski definition) is 3. The molecular weight excluding hydrogens is 340 g/mol. The lowest BCUT2D eigenvalue weighted by Crippen LogP contribution is -2.49. The van der Waals surface area contributed by atoms with E-state index in [4.69, 9.17) is 4.74 Å². The van der Waals surface area contributed by atoms with Gasteiger partial charge in [-0.05, 0) is 24.0 Å². The molecule has 0 aromatic heterocycles. The molecule has 0 bridgehead atoms. The SMILES string of the molecule is O=C(Cc1ccccc1)NCCNC(=O)C1(c2ccccc2)CCOCC1. The van der Waals surface area contributed by atoms with E-state index in [1.165, 1.54) is 0 Å². The lowest BCUT2D eigenvalue weighted by atomic mass is 9.73. The fraction of sp³-hybridized carbons (Fsp3) is 0.364. The lowest BCUT2D eigenvalue weighted by Gasteiger charge is -2.36. The van der Waals surface area contributed by atoms with Crippen molar-refractivity contribution in [2.45, 2.75) is 24.7 Å². The summed E-state index contributed by atoms with van der Waals surface area (Å²) in [7, 11) is 0. The number of ether oxygens (including phenoxy) is 1. The van der Waals surface area contributed by atoms with E-state index in [1.807, 2.05) is 60.7 Å². The largest absolute Gasteiger partial charge is 0.381 e. The van der Waals surface area contributed by atoms with Crippen molar-refractivity contribution in [2.75, 3.05) is 26.3 Å². The predicted molar refractivity (Wildman–Crippen MR) is 104 cm³/mol. The van der Waals surface area contributed by atoms with Crippen molar-refractivity contribution in [1.29, 1.82) is 0 Å². The maximum Gasteiger partial charge on any atom is 0.230 e. The summed E-state index contributed by atoms with van der Waals surface area (Å²) in [6.45, 7) is 1.99. The Hall–Kier alpha value is -2.66. The molecule has 0 radical (unpaired) electrons. The smallest absolute Gasteiger partial charge is 0.230 e. The van der Waals surface area contributed by atoms with E-state index in [0.717, 1.165) is 11.1 Å². The minimum atomic E-state index is -0.548. The summed E-state index contributed by atoms with van der Waals surface area (Å²) in [5.74, 6) is -0.0337. The Labute approximate surface area is 160 Å². The van der Waals surface area contributed by atoms with Gasteiger partial charge in [0.05, 0.1) is 11.8 Å². The molecule has 1 heterocycles. The maximum atomic E-state index is 13.0. The van der Waals surface area contributed by atoms with E-state index in [1.54, 1.807) is 0 Å². The van der Waals surface area contributed by atoms with Crippen molar-refractivity contribution in [1.82, 2.24) is 10.6 Å². The Morgan fingerprint density at radius 1 is 0.852 bits per heavy atom. The number of nitrogens with one attached hydrogen (secondary N) is 2. The van der Waals surface area contributed by atoms with Gasteiger partial charge in [0.2, 0.25) is 11.8 Å². The summed E-state index contributed by atoms with van der Waals surface area (Å²) in [4.78, 5) is 25.0. The summed E-state index contributed by atoms with van der Waals surface area (Å²) in [6, 6.07) is 19.5. The minimum absolute atomic E-state index is 0.00862. The molecule has 2 aromatic carbocycles. The average Bonchev–Trinajstić information content (AvgIpc) is 2.73. The monoisotopic (exact) mass is 366 g/mol. The second kappa shape index (κ2) is 9.33. The first-order valence-electron chi connectivity index (χ1n) is 9.43. The molecule has 0 spiro atoms. The van der Waals surface area contributed by atoms with Crippen LogP contribution in [0.5, 0.6) is 0 Å². The van der Waals surface area contributed by atoms with Gasteiger partial charge in [-0.25, -0.2) is 0 Å². The highest BCUT2D eigenvalue weighted by molar-refractivity contribution is 5.88. The van der Waals surface area contributed by atoms with Crippen LogP contribution in [-0.2, 0) is 26.2 Å². The summed E-state index contributed by atoms with van der Waals surface area (Å²) in [6.07, 6.45) is 1.69. The van der Waals surface area contributed by atoms with Gasteiger partial charge in [-0.3, -0.25) is 9.59 Å². The van der Waals surface area contributed by atoms with Crippen LogP contribution < -0.4 is 10.6 Å². The van der Waals surface area contributed by atoms with Crippen molar-refractivity contribution < 1.29 is 14.3 Å². The summed E-state index contributed by atoms with van der Waals surface area (Å²) in [5.41, 5.74) is 1.45. The number of carbonyl (C=O) groups excluding carboxylic acids is 2. The highest BCUT2D eigenvalue weighted by Gasteiger charge is 2.41. The second-order valence-corrected chi connectivity index (χ2v) is 6.83. The zero-order valence-corrected chi connectivity index (χ0v) is 15.4. The molecule has 0 unspecified atom stereocenters. The van der Waals surface area contributed by atoms with Gasteiger partial charge in [-0.1, -0.05) is 60.7 Å². The summed E-state index contributed by atoms with van der Waals surface area (Å²) < 4.78 is 5.47. The van der Waals surface area contributed by atoms with Crippen LogP contribution in [0.4, 0.5) is 0 Å². The van der Waals surface area contributed by atoms with Gasteiger partial charge in [-0.15, -0.1) is 0 Å². The van der Waals surface area contributed by atoms with Crippen molar-refractivity contribution in [3.05, 3.63) is 71.8 Å². The molecule has 0 atom stereocenters. The molecule has 0 saturated carbocycles. The van der Waals surface area contributed by atoms with E-state index < -0.39 is 5.41 Å². The van der Waals surface area contributed by atoms with Crippen LogP contribution in [0.3, 0.4) is 0 Å². The molecular formula is C22H26N2O3. The molecule has 27 heavy (non-hydrogen) atoms. The van der Waals surface area contributed by atoms with Crippen LogP contribution >= 0.6 is 0 Å². The Bertz CT molecular complexity index is 741. The molecule has 1 fully saturated rings. The molecule has 5 nitrogen and oxygen atoms in total. The Kier molecular flexibility index (Phi) is 6.60. The minimum Gasteiger partial charge on any atom is -0.381 e. The molecule has 1 saturated heterocycles. The van der Waals surface area contributed by atoms with Gasteiger partial charge in [0, 0.05) is 26.3 Å². The van der Waals surface area contributed by atoms with Crippen LogP contribution in [-0.4, -0.2) is 38.1 Å². The van der Waals surface area contributed by atoms with Crippen molar-refractivity contribution in [2.24, 2.45) is 0 Å². The highest BCUT2D eigenvalue weighted by Crippen LogP contribution is 2.34. The molecule has 2 N–H and O–H groups in total. The van der Waals surface area contributed by atoms with E-state index in [0.29, 0.717) is 45.6 Å². The molecule has 2 aromatic rings. The van der Waals surface area contributed by atoms with Crippen molar-refractivity contribution in [3.8, 4) is 0 Å². The quantitative estimate of drug-likeness (QED) is 0.739. The Morgan fingerprint density at radius 2 is 1.44 bits per heavy atom. The fourth-order valence-electron chi connectivity index (χ4n) is 3.51.